The Morgan fingerprint density at radius 1 is 1.09 bits per heavy atom. The van der Waals surface area contributed by atoms with E-state index in [1.165, 1.54) is 0 Å². The summed E-state index contributed by atoms with van der Waals surface area (Å²) >= 11 is 5.97. The van der Waals surface area contributed by atoms with Gasteiger partial charge in [0.15, 0.2) is 0 Å². The van der Waals surface area contributed by atoms with Gasteiger partial charge in [0, 0.05) is 44.6 Å². The number of halogens is 4. The van der Waals surface area contributed by atoms with Gasteiger partial charge in [-0.3, -0.25) is 14.7 Å². The van der Waals surface area contributed by atoms with Gasteiger partial charge in [0.2, 0.25) is 5.88 Å². The number of ether oxygens (including phenoxy) is 1. The topological polar surface area (TPSA) is 58.6 Å². The predicted octanol–water partition coefficient (Wildman–Crippen LogP) is 4.91. The van der Waals surface area contributed by atoms with Crippen LogP contribution in [0.2, 0.25) is 5.02 Å². The summed E-state index contributed by atoms with van der Waals surface area (Å²) in [5.74, 6) is 0.0931. The number of likely N-dealkylation sites (tertiary alicyclic amines) is 2. The molecule has 6 nitrogen and oxygen atoms in total. The summed E-state index contributed by atoms with van der Waals surface area (Å²) in [6, 6.07) is 3.11. The Balaban J connectivity index is 1.27. The number of aryl methyl sites for hydroxylation is 2. The van der Waals surface area contributed by atoms with Crippen LogP contribution in [-0.4, -0.2) is 64.0 Å². The Morgan fingerprint density at radius 2 is 1.76 bits per heavy atom. The van der Waals surface area contributed by atoms with Crippen molar-refractivity contribution in [1.82, 2.24) is 19.8 Å². The summed E-state index contributed by atoms with van der Waals surface area (Å²) in [6.07, 6.45) is 1.14. The number of piperidine rings is 2. The number of rotatable bonds is 4. The molecule has 2 aliphatic rings. The molecule has 2 aromatic heterocycles. The highest BCUT2D eigenvalue weighted by Crippen LogP contribution is 2.34. The Kier molecular flexibility index (Phi) is 7.33. The standard InChI is InChI=1S/C24H28ClF3N4O2/c1-15-3-8-29-16(2)21(15)23(33)32-9-4-18(5-10-32)31-11-6-19(7-12-31)34-22-20(25)13-17(14-30-22)24(26,27)28/h3,8,13-14,18-19H,4-7,9-12H2,1-2H3. The molecule has 0 N–H and O–H groups in total. The molecule has 4 rings (SSSR count). The summed E-state index contributed by atoms with van der Waals surface area (Å²) in [5.41, 5.74) is 1.52. The highest BCUT2D eigenvalue weighted by molar-refractivity contribution is 6.31. The smallest absolute Gasteiger partial charge is 0.417 e. The number of aromatic nitrogens is 2. The molecule has 2 saturated heterocycles. The van der Waals surface area contributed by atoms with Crippen LogP contribution >= 0.6 is 11.6 Å². The minimum absolute atomic E-state index is 0.0425. The first-order valence-corrected chi connectivity index (χ1v) is 11.9. The molecule has 0 bridgehead atoms. The molecule has 0 aromatic carbocycles. The van der Waals surface area contributed by atoms with Gasteiger partial charge in [-0.25, -0.2) is 4.98 Å². The minimum atomic E-state index is -4.49. The fourth-order valence-corrected chi connectivity index (χ4v) is 5.00. The van der Waals surface area contributed by atoms with E-state index >= 15 is 0 Å². The molecule has 2 fully saturated rings. The molecule has 10 heteroatoms. The molecule has 0 radical (unpaired) electrons. The van der Waals surface area contributed by atoms with E-state index in [4.69, 9.17) is 16.3 Å². The van der Waals surface area contributed by atoms with Gasteiger partial charge in [0.25, 0.3) is 5.91 Å². The lowest BCUT2D eigenvalue weighted by Gasteiger charge is -2.41. The lowest BCUT2D eigenvalue weighted by molar-refractivity contribution is -0.137. The second kappa shape index (κ2) is 10.1. The second-order valence-electron chi connectivity index (χ2n) is 8.97. The molecule has 0 aliphatic carbocycles. The zero-order valence-corrected chi connectivity index (χ0v) is 20.0. The molecule has 2 aliphatic heterocycles. The van der Waals surface area contributed by atoms with Gasteiger partial charge in [-0.15, -0.1) is 0 Å². The molecule has 1 amide bonds. The average molecular weight is 497 g/mol. The number of amides is 1. The molecule has 4 heterocycles. The van der Waals surface area contributed by atoms with Crippen molar-refractivity contribution in [2.45, 2.75) is 57.9 Å². The lowest BCUT2D eigenvalue weighted by Crippen LogP contribution is -2.50. The Labute approximate surface area is 202 Å². The third-order valence-electron chi connectivity index (χ3n) is 6.72. The Morgan fingerprint density at radius 3 is 2.35 bits per heavy atom. The predicted molar refractivity (Wildman–Crippen MR) is 122 cm³/mol. The quantitative estimate of drug-likeness (QED) is 0.601. The van der Waals surface area contributed by atoms with Crippen LogP contribution in [0.15, 0.2) is 24.5 Å². The van der Waals surface area contributed by atoms with Gasteiger partial charge in [-0.1, -0.05) is 11.6 Å². The Hall–Kier alpha value is -2.39. The molecule has 2 aromatic rings. The molecule has 0 saturated carbocycles. The van der Waals surface area contributed by atoms with Crippen molar-refractivity contribution in [1.29, 1.82) is 0 Å². The fraction of sp³-hybridized carbons (Fsp3) is 0.542. The summed E-state index contributed by atoms with van der Waals surface area (Å²) in [4.78, 5) is 25.4. The molecule has 0 unspecified atom stereocenters. The van der Waals surface area contributed by atoms with E-state index in [0.717, 1.165) is 62.3 Å². The molecule has 0 spiro atoms. The van der Waals surface area contributed by atoms with Crippen LogP contribution in [0.5, 0.6) is 5.88 Å². The van der Waals surface area contributed by atoms with Crippen LogP contribution in [0.4, 0.5) is 13.2 Å². The maximum absolute atomic E-state index is 13.0. The van der Waals surface area contributed by atoms with E-state index in [0.29, 0.717) is 24.7 Å². The normalized spacial score (nSPS) is 18.8. The summed E-state index contributed by atoms with van der Waals surface area (Å²) in [7, 11) is 0. The van der Waals surface area contributed by atoms with Crippen LogP contribution in [0.25, 0.3) is 0 Å². The first kappa shape index (κ1) is 24.7. The van der Waals surface area contributed by atoms with Gasteiger partial charge in [0.05, 0.1) is 16.8 Å². The maximum Gasteiger partial charge on any atom is 0.417 e. The highest BCUT2D eigenvalue weighted by atomic mass is 35.5. The lowest BCUT2D eigenvalue weighted by atomic mass is 9.97. The van der Waals surface area contributed by atoms with E-state index < -0.39 is 11.7 Å². The van der Waals surface area contributed by atoms with Crippen molar-refractivity contribution < 1.29 is 22.7 Å². The van der Waals surface area contributed by atoms with Crippen LogP contribution < -0.4 is 4.74 Å². The third kappa shape index (κ3) is 5.46. The second-order valence-corrected chi connectivity index (χ2v) is 9.38. The number of carbonyl (C=O) groups excluding carboxylic acids is 1. The van der Waals surface area contributed by atoms with E-state index in [1.807, 2.05) is 24.8 Å². The third-order valence-corrected chi connectivity index (χ3v) is 6.99. The van der Waals surface area contributed by atoms with E-state index in [-0.39, 0.29) is 22.9 Å². The van der Waals surface area contributed by atoms with Crippen molar-refractivity contribution in [2.75, 3.05) is 26.2 Å². The van der Waals surface area contributed by atoms with E-state index in [1.54, 1.807) is 6.20 Å². The summed E-state index contributed by atoms with van der Waals surface area (Å²) < 4.78 is 44.2. The molecule has 0 atom stereocenters. The molecular weight excluding hydrogens is 469 g/mol. The van der Waals surface area contributed by atoms with Crippen LogP contribution in [0.1, 0.15) is 52.9 Å². The van der Waals surface area contributed by atoms with Gasteiger partial charge in [-0.2, -0.15) is 13.2 Å². The fourth-order valence-electron chi connectivity index (χ4n) is 4.79. The number of nitrogens with zero attached hydrogens (tertiary/aromatic N) is 4. The van der Waals surface area contributed by atoms with Crippen LogP contribution in [0.3, 0.4) is 0 Å². The SMILES string of the molecule is Cc1ccnc(C)c1C(=O)N1CCC(N2CCC(Oc3ncc(C(F)(F)F)cc3Cl)CC2)CC1. The van der Waals surface area contributed by atoms with Gasteiger partial charge < -0.3 is 9.64 Å². The zero-order valence-electron chi connectivity index (χ0n) is 19.2. The van der Waals surface area contributed by atoms with Gasteiger partial charge in [0.1, 0.15) is 11.1 Å². The van der Waals surface area contributed by atoms with Crippen molar-refractivity contribution in [3.05, 3.63) is 51.9 Å². The van der Waals surface area contributed by atoms with Crippen molar-refractivity contribution in [2.24, 2.45) is 0 Å². The molecule has 184 valence electrons. The largest absolute Gasteiger partial charge is 0.473 e. The molecular formula is C24H28ClF3N4O2. The molecule has 34 heavy (non-hydrogen) atoms. The number of pyridine rings is 2. The average Bonchev–Trinajstić information content (AvgIpc) is 2.80. The number of hydrogen-bond acceptors (Lipinski definition) is 5. The van der Waals surface area contributed by atoms with Crippen molar-refractivity contribution in [3.8, 4) is 5.88 Å². The van der Waals surface area contributed by atoms with E-state index in [9.17, 15) is 18.0 Å². The highest BCUT2D eigenvalue weighted by Gasteiger charge is 2.33. The van der Waals surface area contributed by atoms with Crippen molar-refractivity contribution >= 4 is 17.5 Å². The van der Waals surface area contributed by atoms with Crippen LogP contribution in [0, 0.1) is 13.8 Å². The number of alkyl halides is 3. The number of hydrogen-bond donors (Lipinski definition) is 0. The first-order valence-electron chi connectivity index (χ1n) is 11.5. The summed E-state index contributed by atoms with van der Waals surface area (Å²) in [5, 5.41) is -0.131. The maximum atomic E-state index is 13.0. The van der Waals surface area contributed by atoms with Gasteiger partial charge in [-0.05, 0) is 57.2 Å². The Bertz CT molecular complexity index is 1010. The van der Waals surface area contributed by atoms with E-state index in [2.05, 4.69) is 14.9 Å². The summed E-state index contributed by atoms with van der Waals surface area (Å²) in [6.45, 7) is 6.86. The van der Waals surface area contributed by atoms with Gasteiger partial charge >= 0.3 is 6.18 Å². The number of carbonyl (C=O) groups is 1. The minimum Gasteiger partial charge on any atom is -0.473 e. The van der Waals surface area contributed by atoms with Crippen LogP contribution in [-0.2, 0) is 6.18 Å². The monoisotopic (exact) mass is 496 g/mol. The van der Waals surface area contributed by atoms with Crippen molar-refractivity contribution in [3.63, 3.8) is 0 Å². The first-order chi connectivity index (χ1) is 16.1. The zero-order chi connectivity index (χ0) is 24.5.